The predicted octanol–water partition coefficient (Wildman–Crippen LogP) is 11.9. The standard InChI is InChI=1S/C28H46O2.C13H20O2/c1-7-21(3)23-10-16-26(17-11-23)29-22(4)30-27-18-14-25(15-19-27)28(5,6)24-12-8-20(2)9-13-24;1-5-10(2)12-6-8-13(9-7-12)15-11(3)14-4/h10-11,16-17,20-22,24-25,27H,7-9,12-15,18-19H2,1-6H3;6-11H,5H2,1-4H3. The lowest BCUT2D eigenvalue weighted by molar-refractivity contribution is -0.125. The zero-order valence-corrected chi connectivity index (χ0v) is 30.4. The van der Waals surface area contributed by atoms with Gasteiger partial charge in [0.1, 0.15) is 11.5 Å². The smallest absolute Gasteiger partial charge is 0.197 e. The van der Waals surface area contributed by atoms with Gasteiger partial charge in [0.15, 0.2) is 12.6 Å². The largest absolute Gasteiger partial charge is 0.465 e. The normalized spacial score (nSPS) is 24.8. The summed E-state index contributed by atoms with van der Waals surface area (Å²) >= 11 is 0. The van der Waals surface area contributed by atoms with E-state index in [1.165, 1.54) is 68.9 Å². The first-order chi connectivity index (χ1) is 21.5. The molecule has 254 valence electrons. The zero-order valence-electron chi connectivity index (χ0n) is 30.4. The third-order valence-electron chi connectivity index (χ3n) is 11.2. The van der Waals surface area contributed by atoms with Crippen LogP contribution in [0.5, 0.6) is 11.5 Å². The minimum atomic E-state index is -0.195. The summed E-state index contributed by atoms with van der Waals surface area (Å²) in [5, 5.41) is 0. The Morgan fingerprint density at radius 3 is 1.42 bits per heavy atom. The van der Waals surface area contributed by atoms with Crippen molar-refractivity contribution >= 4 is 0 Å². The monoisotopic (exact) mass is 622 g/mol. The lowest BCUT2D eigenvalue weighted by Crippen LogP contribution is -2.38. The molecule has 0 N–H and O–H groups in total. The van der Waals surface area contributed by atoms with Crippen molar-refractivity contribution in [1.29, 1.82) is 0 Å². The number of hydrogen-bond acceptors (Lipinski definition) is 4. The van der Waals surface area contributed by atoms with E-state index < -0.39 is 0 Å². The fourth-order valence-electron chi connectivity index (χ4n) is 7.23. The van der Waals surface area contributed by atoms with E-state index in [0.717, 1.165) is 35.7 Å². The van der Waals surface area contributed by atoms with Crippen LogP contribution < -0.4 is 9.47 Å². The molecule has 2 aromatic carbocycles. The van der Waals surface area contributed by atoms with Gasteiger partial charge in [0.2, 0.25) is 0 Å². The van der Waals surface area contributed by atoms with Crippen LogP contribution in [-0.4, -0.2) is 25.8 Å². The summed E-state index contributed by atoms with van der Waals surface area (Å²) in [6.07, 6.45) is 13.0. The van der Waals surface area contributed by atoms with Gasteiger partial charge in [-0.15, -0.1) is 0 Å². The number of rotatable bonds is 13. The van der Waals surface area contributed by atoms with E-state index >= 15 is 0 Å². The van der Waals surface area contributed by atoms with Crippen LogP contribution in [0.2, 0.25) is 0 Å². The Morgan fingerprint density at radius 2 is 1.02 bits per heavy atom. The van der Waals surface area contributed by atoms with Crippen LogP contribution in [0.4, 0.5) is 0 Å². The summed E-state index contributed by atoms with van der Waals surface area (Å²) in [7, 11) is 1.64. The zero-order chi connectivity index (χ0) is 33.0. The summed E-state index contributed by atoms with van der Waals surface area (Å²) in [5.74, 6) is 5.68. The van der Waals surface area contributed by atoms with Crippen LogP contribution in [0.15, 0.2) is 48.5 Å². The highest BCUT2D eigenvalue weighted by molar-refractivity contribution is 5.30. The average molecular weight is 623 g/mol. The molecule has 0 radical (unpaired) electrons. The van der Waals surface area contributed by atoms with Crippen LogP contribution in [0, 0.1) is 23.2 Å². The first-order valence-corrected chi connectivity index (χ1v) is 18.2. The molecule has 2 aromatic rings. The van der Waals surface area contributed by atoms with E-state index in [9.17, 15) is 0 Å². The van der Waals surface area contributed by atoms with E-state index in [1.807, 2.05) is 26.0 Å². The second kappa shape index (κ2) is 18.3. The molecular formula is C41H66O4. The van der Waals surface area contributed by atoms with E-state index in [4.69, 9.17) is 18.9 Å². The van der Waals surface area contributed by atoms with Gasteiger partial charge in [-0.1, -0.05) is 85.6 Å². The summed E-state index contributed by atoms with van der Waals surface area (Å²) in [6.45, 7) is 20.4. The number of methoxy groups -OCH3 is 1. The van der Waals surface area contributed by atoms with Crippen LogP contribution in [0.25, 0.3) is 0 Å². The van der Waals surface area contributed by atoms with Crippen molar-refractivity contribution < 1.29 is 18.9 Å². The van der Waals surface area contributed by atoms with Gasteiger partial charge < -0.3 is 18.9 Å². The van der Waals surface area contributed by atoms with Crippen LogP contribution in [-0.2, 0) is 9.47 Å². The molecular weight excluding hydrogens is 556 g/mol. The van der Waals surface area contributed by atoms with Crippen molar-refractivity contribution in [3.8, 4) is 11.5 Å². The molecule has 0 heterocycles. The minimum Gasteiger partial charge on any atom is -0.465 e. The van der Waals surface area contributed by atoms with Gasteiger partial charge in [-0.2, -0.15) is 0 Å². The molecule has 4 atom stereocenters. The fraction of sp³-hybridized carbons (Fsp3) is 0.707. The van der Waals surface area contributed by atoms with Crippen LogP contribution in [0.3, 0.4) is 0 Å². The van der Waals surface area contributed by atoms with Gasteiger partial charge in [0.25, 0.3) is 0 Å². The third-order valence-corrected chi connectivity index (χ3v) is 11.2. The summed E-state index contributed by atoms with van der Waals surface area (Å²) in [5.41, 5.74) is 3.21. The predicted molar refractivity (Wildman–Crippen MR) is 189 cm³/mol. The first kappa shape index (κ1) is 37.4. The molecule has 2 saturated carbocycles. The third kappa shape index (κ3) is 11.6. The molecule has 0 spiro atoms. The second-order valence-corrected chi connectivity index (χ2v) is 14.8. The first-order valence-electron chi connectivity index (χ1n) is 18.2. The average Bonchev–Trinajstić information content (AvgIpc) is 3.05. The molecule has 45 heavy (non-hydrogen) atoms. The van der Waals surface area contributed by atoms with E-state index in [0.29, 0.717) is 23.4 Å². The molecule has 2 aliphatic rings. The Morgan fingerprint density at radius 1 is 0.622 bits per heavy atom. The van der Waals surface area contributed by atoms with Crippen molar-refractivity contribution in [2.45, 2.75) is 157 Å². The van der Waals surface area contributed by atoms with Gasteiger partial charge in [-0.05, 0) is 136 Å². The Hall–Kier alpha value is -2.04. The summed E-state index contributed by atoms with van der Waals surface area (Å²) in [4.78, 5) is 0. The number of benzene rings is 2. The Kier molecular flexibility index (Phi) is 15.2. The summed E-state index contributed by atoms with van der Waals surface area (Å²) in [6, 6.07) is 16.8. The van der Waals surface area contributed by atoms with E-state index in [2.05, 4.69) is 84.9 Å². The van der Waals surface area contributed by atoms with E-state index in [-0.39, 0.29) is 12.6 Å². The molecule has 0 saturated heterocycles. The Balaban J connectivity index is 0.000000309. The molecule has 2 fully saturated rings. The molecule has 2 aliphatic carbocycles. The number of ether oxygens (including phenoxy) is 4. The second-order valence-electron chi connectivity index (χ2n) is 14.8. The van der Waals surface area contributed by atoms with Crippen molar-refractivity contribution in [2.24, 2.45) is 23.2 Å². The minimum absolute atomic E-state index is 0.186. The van der Waals surface area contributed by atoms with E-state index in [1.54, 1.807) is 7.11 Å². The highest BCUT2D eigenvalue weighted by atomic mass is 16.7. The quantitative estimate of drug-likeness (QED) is 0.208. The van der Waals surface area contributed by atoms with Gasteiger partial charge >= 0.3 is 0 Å². The lowest BCUT2D eigenvalue weighted by atomic mass is 9.60. The lowest BCUT2D eigenvalue weighted by Gasteiger charge is -2.46. The maximum atomic E-state index is 6.29. The molecule has 0 amide bonds. The molecule has 0 aliphatic heterocycles. The summed E-state index contributed by atoms with van der Waals surface area (Å²) < 4.78 is 22.9. The maximum absolute atomic E-state index is 6.29. The number of hydrogen-bond donors (Lipinski definition) is 0. The van der Waals surface area contributed by atoms with Gasteiger partial charge in [-0.25, -0.2) is 0 Å². The SMILES string of the molecule is CCC(C)c1ccc(OC(C)OC)cc1.CCC(C)c1ccc(OC(C)OC2CCC(C(C)(C)C3CCC(C)CC3)CC2)cc1. The molecule has 4 nitrogen and oxygen atoms in total. The Labute approximate surface area is 277 Å². The van der Waals surface area contributed by atoms with Gasteiger partial charge in [0, 0.05) is 7.11 Å². The molecule has 4 heteroatoms. The van der Waals surface area contributed by atoms with Crippen LogP contribution >= 0.6 is 0 Å². The van der Waals surface area contributed by atoms with Crippen LogP contribution in [0.1, 0.15) is 149 Å². The van der Waals surface area contributed by atoms with Crippen molar-refractivity contribution in [3.05, 3.63) is 59.7 Å². The molecule has 0 aromatic heterocycles. The highest BCUT2D eigenvalue weighted by Crippen LogP contribution is 2.49. The fourth-order valence-corrected chi connectivity index (χ4v) is 7.23. The molecule has 4 unspecified atom stereocenters. The van der Waals surface area contributed by atoms with Crippen molar-refractivity contribution in [3.63, 3.8) is 0 Å². The Bertz CT molecular complexity index is 1060. The van der Waals surface area contributed by atoms with Gasteiger partial charge in [0.05, 0.1) is 6.10 Å². The van der Waals surface area contributed by atoms with Crippen molar-refractivity contribution in [2.75, 3.05) is 7.11 Å². The molecule has 4 rings (SSSR count). The highest BCUT2D eigenvalue weighted by Gasteiger charge is 2.40. The topological polar surface area (TPSA) is 36.9 Å². The molecule has 0 bridgehead atoms. The van der Waals surface area contributed by atoms with Gasteiger partial charge in [-0.3, -0.25) is 0 Å². The maximum Gasteiger partial charge on any atom is 0.197 e. The van der Waals surface area contributed by atoms with Crippen molar-refractivity contribution in [1.82, 2.24) is 0 Å².